The van der Waals surface area contributed by atoms with E-state index in [1.807, 2.05) is 32.0 Å². The summed E-state index contributed by atoms with van der Waals surface area (Å²) in [5.74, 6) is 0.772. The van der Waals surface area contributed by atoms with Crippen molar-refractivity contribution in [2.45, 2.75) is 64.7 Å². The molecule has 182 valence electrons. The van der Waals surface area contributed by atoms with Gasteiger partial charge in [0, 0.05) is 36.0 Å². The number of nitrogens with zero attached hydrogens (tertiary/aromatic N) is 4. The van der Waals surface area contributed by atoms with Crippen LogP contribution in [0.5, 0.6) is 5.88 Å². The second-order valence-electron chi connectivity index (χ2n) is 7.46. The molecule has 1 N–H and O–H groups in total. The van der Waals surface area contributed by atoms with Crippen molar-refractivity contribution in [1.29, 1.82) is 0 Å². The summed E-state index contributed by atoms with van der Waals surface area (Å²) >= 11 is 0. The van der Waals surface area contributed by atoms with Gasteiger partial charge in [0.15, 0.2) is 16.6 Å². The number of pyridine rings is 3. The van der Waals surface area contributed by atoms with Crippen LogP contribution in [0, 0.1) is 0 Å². The summed E-state index contributed by atoms with van der Waals surface area (Å²) in [7, 11) is 0.125. The Morgan fingerprint density at radius 2 is 1.94 bits per heavy atom. The van der Waals surface area contributed by atoms with E-state index >= 15 is 0 Å². The van der Waals surface area contributed by atoms with E-state index in [9.17, 15) is 9.00 Å². The molecule has 0 aromatic carbocycles. The van der Waals surface area contributed by atoms with Crippen LogP contribution in [0.15, 0.2) is 46.5 Å². The second kappa shape index (κ2) is 13.5. The van der Waals surface area contributed by atoms with Crippen LogP contribution in [0.25, 0.3) is 11.0 Å². The fourth-order valence-corrected chi connectivity index (χ4v) is 3.92. The van der Waals surface area contributed by atoms with Gasteiger partial charge in [0.05, 0.1) is 23.9 Å². The zero-order valence-corrected chi connectivity index (χ0v) is 21.5. The molecule has 34 heavy (non-hydrogen) atoms. The molecule has 0 saturated carbocycles. The molecule has 2 unspecified atom stereocenters. The number of carbonyl (C=O) groups excluding carboxylic acids is 1. The first-order valence-corrected chi connectivity index (χ1v) is 12.5. The molecular formula is C25H33N5O3S. The number of amides is 1. The predicted molar refractivity (Wildman–Crippen MR) is 137 cm³/mol. The van der Waals surface area contributed by atoms with Gasteiger partial charge in [-0.1, -0.05) is 27.7 Å². The molecule has 0 aliphatic carbocycles. The van der Waals surface area contributed by atoms with Crippen molar-refractivity contribution in [3.63, 3.8) is 0 Å². The summed E-state index contributed by atoms with van der Waals surface area (Å²) in [5, 5.41) is 1.05. The molecule has 0 saturated heterocycles. The maximum Gasteiger partial charge on any atom is 0.231 e. The second-order valence-corrected chi connectivity index (χ2v) is 8.68. The Balaban J connectivity index is 0.000000248. The molecule has 0 fully saturated rings. The van der Waals surface area contributed by atoms with E-state index in [-0.39, 0.29) is 5.91 Å². The van der Waals surface area contributed by atoms with Gasteiger partial charge in [0.1, 0.15) is 0 Å². The van der Waals surface area contributed by atoms with Crippen molar-refractivity contribution >= 4 is 39.8 Å². The molecule has 0 aliphatic heterocycles. The average Bonchev–Trinajstić information content (AvgIpc) is 2.88. The fourth-order valence-electron chi connectivity index (χ4n) is 3.11. The molecule has 0 aliphatic rings. The van der Waals surface area contributed by atoms with Crippen LogP contribution in [0.4, 0.5) is 5.69 Å². The van der Waals surface area contributed by atoms with Gasteiger partial charge >= 0.3 is 0 Å². The molecule has 3 aromatic heterocycles. The zero-order valence-electron chi connectivity index (χ0n) is 20.7. The lowest BCUT2D eigenvalue weighted by Gasteiger charge is -2.15. The molecule has 0 spiro atoms. The molecule has 2 atom stereocenters. The highest BCUT2D eigenvalue weighted by Gasteiger charge is 2.15. The molecule has 3 aromatic rings. The highest BCUT2D eigenvalue weighted by molar-refractivity contribution is 7.83. The summed E-state index contributed by atoms with van der Waals surface area (Å²) in [6.45, 7) is 10.0. The highest BCUT2D eigenvalue weighted by atomic mass is 32.2. The van der Waals surface area contributed by atoms with E-state index in [1.165, 1.54) is 11.8 Å². The third-order valence-electron chi connectivity index (χ3n) is 5.21. The maximum absolute atomic E-state index is 11.6. The minimum absolute atomic E-state index is 0.229. The van der Waals surface area contributed by atoms with Crippen molar-refractivity contribution < 1.29 is 13.7 Å². The molecule has 0 bridgehead atoms. The van der Waals surface area contributed by atoms with E-state index in [4.69, 9.17) is 4.74 Å². The molecule has 9 heteroatoms. The quantitative estimate of drug-likeness (QED) is 0.449. The summed E-state index contributed by atoms with van der Waals surface area (Å²) < 4.78 is 19.1. The predicted octanol–water partition coefficient (Wildman–Crippen LogP) is 5.07. The first kappa shape index (κ1) is 27.0. The van der Waals surface area contributed by atoms with Crippen molar-refractivity contribution in [2.75, 3.05) is 7.11 Å². The van der Waals surface area contributed by atoms with Crippen LogP contribution in [0.2, 0.25) is 0 Å². The van der Waals surface area contributed by atoms with Gasteiger partial charge in [-0.15, -0.1) is 0 Å². The van der Waals surface area contributed by atoms with E-state index in [2.05, 4.69) is 38.5 Å². The number of methoxy groups -OCH3 is 1. The molecule has 1 amide bonds. The normalized spacial score (nSPS) is 12.6. The highest BCUT2D eigenvalue weighted by Crippen LogP contribution is 2.34. The van der Waals surface area contributed by atoms with Crippen LogP contribution < -0.4 is 9.46 Å². The van der Waals surface area contributed by atoms with Gasteiger partial charge in [0.25, 0.3) is 0 Å². The fraction of sp³-hybridized carbons (Fsp3) is 0.400. The van der Waals surface area contributed by atoms with Crippen molar-refractivity contribution in [2.24, 2.45) is 4.99 Å². The molecule has 3 rings (SSSR count). The number of hydrogen-bond acceptors (Lipinski definition) is 7. The zero-order chi connectivity index (χ0) is 25.1. The van der Waals surface area contributed by atoms with Gasteiger partial charge in [-0.25, -0.2) is 9.19 Å². The number of aliphatic imine (C=N–C) groups is 1. The number of ether oxygens (including phenoxy) is 1. The van der Waals surface area contributed by atoms with Crippen molar-refractivity contribution in [3.05, 3.63) is 47.9 Å². The lowest BCUT2D eigenvalue weighted by Crippen LogP contribution is -2.24. The Kier molecular flexibility index (Phi) is 10.7. The van der Waals surface area contributed by atoms with Gasteiger partial charge in [-0.05, 0) is 49.4 Å². The SMILES string of the molecule is CC=Nc1cnc2nc(OC)ccc2c1C(C)CC.CCC(=O)NS(=O)c1ccc(CC)nc1. The summed E-state index contributed by atoms with van der Waals surface area (Å²) in [4.78, 5) is 28.8. The third kappa shape index (κ3) is 7.15. The van der Waals surface area contributed by atoms with Crippen LogP contribution >= 0.6 is 0 Å². The number of carbonyl (C=O) groups is 1. The molecule has 3 heterocycles. The van der Waals surface area contributed by atoms with Gasteiger partial charge in [-0.2, -0.15) is 4.98 Å². The maximum atomic E-state index is 11.6. The molecular weight excluding hydrogens is 450 g/mol. The van der Waals surface area contributed by atoms with Crippen LogP contribution in [0.1, 0.15) is 64.6 Å². The van der Waals surface area contributed by atoms with Crippen molar-refractivity contribution in [3.8, 4) is 5.88 Å². The Hall–Kier alpha value is -3.20. The first-order valence-electron chi connectivity index (χ1n) is 11.4. The third-order valence-corrected chi connectivity index (χ3v) is 6.29. The summed E-state index contributed by atoms with van der Waals surface area (Å²) in [5.41, 5.74) is 3.79. The van der Waals surface area contributed by atoms with Crippen molar-refractivity contribution in [1.82, 2.24) is 19.7 Å². The Labute approximate surface area is 203 Å². The Morgan fingerprint density at radius 1 is 1.18 bits per heavy atom. The number of fused-ring (bicyclic) bond motifs is 1. The molecule has 8 nitrogen and oxygen atoms in total. The van der Waals surface area contributed by atoms with E-state index in [0.29, 0.717) is 28.8 Å². The van der Waals surface area contributed by atoms with Gasteiger partial charge in [0.2, 0.25) is 11.8 Å². The number of hydrogen-bond donors (Lipinski definition) is 1. The Morgan fingerprint density at radius 3 is 2.50 bits per heavy atom. The summed E-state index contributed by atoms with van der Waals surface area (Å²) in [6, 6.07) is 7.42. The number of rotatable bonds is 8. The first-order chi connectivity index (χ1) is 16.4. The van der Waals surface area contributed by atoms with Crippen LogP contribution in [0.3, 0.4) is 0 Å². The van der Waals surface area contributed by atoms with Crippen LogP contribution in [-0.4, -0.2) is 38.4 Å². The van der Waals surface area contributed by atoms with Gasteiger partial charge < -0.3 is 4.74 Å². The number of aromatic nitrogens is 3. The smallest absolute Gasteiger partial charge is 0.231 e. The van der Waals surface area contributed by atoms with Crippen LogP contribution in [-0.2, 0) is 22.2 Å². The number of nitrogens with one attached hydrogen (secondary N) is 1. The minimum atomic E-state index is -1.49. The molecule has 0 radical (unpaired) electrons. The average molecular weight is 484 g/mol. The summed E-state index contributed by atoms with van der Waals surface area (Å²) in [6.07, 6.45) is 7.34. The van der Waals surface area contributed by atoms with E-state index in [1.54, 1.807) is 32.5 Å². The van der Waals surface area contributed by atoms with E-state index < -0.39 is 11.0 Å². The monoisotopic (exact) mass is 483 g/mol. The topological polar surface area (TPSA) is 106 Å². The lowest BCUT2D eigenvalue weighted by atomic mass is 9.95. The van der Waals surface area contributed by atoms with Gasteiger partial charge in [-0.3, -0.25) is 19.5 Å². The number of aryl methyl sites for hydroxylation is 1. The standard InChI is InChI=1S/C15H19N3O.C10H14N2O2S/c1-5-10(3)14-11-7-8-13(19-4)18-15(11)17-9-12(14)16-6-2;1-3-8-5-6-9(7-11-8)15(14)12-10(13)4-2/h6-10H,5H2,1-4H3;5-7H,3-4H2,1-2H3,(H,12,13). The Bertz CT molecular complexity index is 1150. The minimum Gasteiger partial charge on any atom is -0.481 e. The lowest BCUT2D eigenvalue weighted by molar-refractivity contribution is -0.118. The largest absolute Gasteiger partial charge is 0.481 e. The van der Waals surface area contributed by atoms with E-state index in [0.717, 1.165) is 29.6 Å².